The fraction of sp³-hybridized carbons (Fsp3) is 0.156. The first-order chi connectivity index (χ1) is 23.3. The van der Waals surface area contributed by atoms with E-state index in [4.69, 9.17) is 0 Å². The highest BCUT2D eigenvalue weighted by Gasteiger charge is 2.22. The van der Waals surface area contributed by atoms with Crippen LogP contribution in [-0.2, 0) is 0 Å². The van der Waals surface area contributed by atoms with Crippen LogP contribution in [0.3, 0.4) is 0 Å². The van der Waals surface area contributed by atoms with E-state index in [0.29, 0.717) is 0 Å². The topological polar surface area (TPSA) is 24.1 Å². The molecule has 0 radical (unpaired) electrons. The molecule has 0 atom stereocenters. The summed E-state index contributed by atoms with van der Waals surface area (Å²) < 4.78 is 0. The van der Waals surface area contributed by atoms with Gasteiger partial charge in [0, 0.05) is 13.1 Å². The summed E-state index contributed by atoms with van der Waals surface area (Å²) in [7, 11) is 0. The van der Waals surface area contributed by atoms with Gasteiger partial charge in [0.05, 0.1) is 12.1 Å². The first kappa shape index (κ1) is 34.8. The van der Waals surface area contributed by atoms with Gasteiger partial charge in [-0.3, -0.25) is 0 Å². The van der Waals surface area contributed by atoms with Crippen LogP contribution < -0.4 is 10.6 Å². The molecular formula is C45H48N2. The van der Waals surface area contributed by atoms with Crippen molar-refractivity contribution in [1.82, 2.24) is 10.6 Å². The maximum absolute atomic E-state index is 3.86. The lowest BCUT2D eigenvalue weighted by Gasteiger charge is -2.25. The average Bonchev–Trinajstić information content (AvgIpc) is 3.41. The maximum Gasteiger partial charge on any atom is 0.0588 e. The molecular weight excluding hydrogens is 569 g/mol. The van der Waals surface area contributed by atoms with Gasteiger partial charge in [0.2, 0.25) is 0 Å². The Kier molecular flexibility index (Phi) is 14.4. The minimum Gasteiger partial charge on any atom is -0.305 e. The van der Waals surface area contributed by atoms with Gasteiger partial charge < -0.3 is 10.6 Å². The van der Waals surface area contributed by atoms with E-state index in [-0.39, 0.29) is 12.1 Å². The van der Waals surface area contributed by atoms with Crippen LogP contribution >= 0.6 is 0 Å². The molecule has 0 aliphatic heterocycles. The zero-order valence-electron chi connectivity index (χ0n) is 28.0. The SMILES string of the molecule is C1=Cc2ccccc2C(NCCNC2c3ccccc3C=Cc3ccccc32)c2ccccc21.C=C/C=C\C.CC.c1ccccc1. The van der Waals surface area contributed by atoms with Gasteiger partial charge >= 0.3 is 0 Å². The molecule has 0 heterocycles. The normalized spacial score (nSPS) is 12.6. The first-order valence-electron chi connectivity index (χ1n) is 16.7. The molecule has 238 valence electrons. The van der Waals surface area contributed by atoms with Crippen LogP contribution in [0.4, 0.5) is 0 Å². The molecule has 0 aromatic heterocycles. The molecule has 2 nitrogen and oxygen atoms in total. The van der Waals surface area contributed by atoms with Crippen LogP contribution in [0.15, 0.2) is 158 Å². The average molecular weight is 617 g/mol. The molecule has 2 heteroatoms. The van der Waals surface area contributed by atoms with E-state index < -0.39 is 0 Å². The molecule has 0 saturated heterocycles. The Balaban J connectivity index is 0.000000326. The maximum atomic E-state index is 3.86. The van der Waals surface area contributed by atoms with Gasteiger partial charge in [-0.15, -0.1) is 0 Å². The number of hydrogen-bond acceptors (Lipinski definition) is 2. The number of allylic oxidation sites excluding steroid dienone is 3. The number of benzene rings is 5. The molecule has 0 bridgehead atoms. The smallest absolute Gasteiger partial charge is 0.0588 e. The van der Waals surface area contributed by atoms with Crippen molar-refractivity contribution in [2.24, 2.45) is 0 Å². The molecule has 7 rings (SSSR count). The fourth-order valence-electron chi connectivity index (χ4n) is 5.79. The van der Waals surface area contributed by atoms with Crippen molar-refractivity contribution in [2.75, 3.05) is 13.1 Å². The Morgan fingerprint density at radius 2 is 0.745 bits per heavy atom. The summed E-state index contributed by atoms with van der Waals surface area (Å²) in [4.78, 5) is 0. The third-order valence-corrected chi connectivity index (χ3v) is 7.93. The van der Waals surface area contributed by atoms with Crippen molar-refractivity contribution in [1.29, 1.82) is 0 Å². The highest BCUT2D eigenvalue weighted by atomic mass is 15.0. The Morgan fingerprint density at radius 3 is 0.979 bits per heavy atom. The van der Waals surface area contributed by atoms with E-state index in [1.807, 2.05) is 69.3 Å². The van der Waals surface area contributed by atoms with Gasteiger partial charge in [-0.2, -0.15) is 0 Å². The molecule has 5 aromatic carbocycles. The largest absolute Gasteiger partial charge is 0.305 e. The lowest BCUT2D eigenvalue weighted by molar-refractivity contribution is 0.537. The third kappa shape index (κ3) is 9.73. The van der Waals surface area contributed by atoms with Crippen molar-refractivity contribution < 1.29 is 0 Å². The van der Waals surface area contributed by atoms with E-state index >= 15 is 0 Å². The molecule has 0 amide bonds. The Labute approximate surface area is 282 Å². The summed E-state index contributed by atoms with van der Waals surface area (Å²) in [6.07, 6.45) is 14.5. The summed E-state index contributed by atoms with van der Waals surface area (Å²) in [5.41, 5.74) is 10.4. The lowest BCUT2D eigenvalue weighted by Crippen LogP contribution is -2.34. The van der Waals surface area contributed by atoms with Gasteiger partial charge in [-0.1, -0.05) is 196 Å². The number of nitrogens with one attached hydrogen (secondary N) is 2. The van der Waals surface area contributed by atoms with E-state index in [1.165, 1.54) is 44.5 Å². The molecule has 0 fully saturated rings. The van der Waals surface area contributed by atoms with Gasteiger partial charge in [0.15, 0.2) is 0 Å². The van der Waals surface area contributed by atoms with Crippen LogP contribution in [0.1, 0.15) is 77.4 Å². The molecule has 5 aromatic rings. The third-order valence-electron chi connectivity index (χ3n) is 7.93. The number of rotatable bonds is 6. The van der Waals surface area contributed by atoms with Crippen LogP contribution in [0, 0.1) is 0 Å². The molecule has 0 saturated carbocycles. The molecule has 0 spiro atoms. The van der Waals surface area contributed by atoms with Gasteiger partial charge in [-0.25, -0.2) is 0 Å². The Bertz CT molecular complexity index is 1510. The number of hydrogen-bond donors (Lipinski definition) is 2. The second-order valence-electron chi connectivity index (χ2n) is 10.9. The van der Waals surface area contributed by atoms with Crippen molar-refractivity contribution in [3.8, 4) is 0 Å². The molecule has 2 N–H and O–H groups in total. The highest BCUT2D eigenvalue weighted by molar-refractivity contribution is 5.77. The van der Waals surface area contributed by atoms with Crippen LogP contribution in [-0.4, -0.2) is 13.1 Å². The Hall–Kier alpha value is -5.02. The zero-order valence-corrected chi connectivity index (χ0v) is 28.0. The van der Waals surface area contributed by atoms with Gasteiger partial charge in [0.25, 0.3) is 0 Å². The minimum atomic E-state index is 0.166. The monoisotopic (exact) mass is 616 g/mol. The summed E-state index contributed by atoms with van der Waals surface area (Å²) in [5, 5.41) is 7.72. The van der Waals surface area contributed by atoms with E-state index in [9.17, 15) is 0 Å². The van der Waals surface area contributed by atoms with Crippen LogP contribution in [0.2, 0.25) is 0 Å². The molecule has 47 heavy (non-hydrogen) atoms. The number of fused-ring (bicyclic) bond motifs is 4. The van der Waals surface area contributed by atoms with E-state index in [2.05, 4.69) is 139 Å². The van der Waals surface area contributed by atoms with Gasteiger partial charge in [0.1, 0.15) is 0 Å². The standard InChI is InChI=1S/C32H28N2.C6H6.C5H8.C2H6/c1-5-13-27-23(9-1)17-18-24-10-2-6-14-28(24)31(27)33-21-22-34-32-29-15-7-3-11-25(29)19-20-26-12-4-8-16-30(26)32;1-2-4-6-5-3-1;1-3-5-4-2;1-2/h1-20,31-34H,21-22H2;1-6H;3-5H,1H2,2H3;1-2H3/b;;5-4-;. The molecule has 0 unspecified atom stereocenters. The molecule has 2 aliphatic rings. The first-order valence-corrected chi connectivity index (χ1v) is 16.7. The zero-order chi connectivity index (χ0) is 33.1. The second-order valence-corrected chi connectivity index (χ2v) is 10.9. The summed E-state index contributed by atoms with van der Waals surface area (Å²) in [5.74, 6) is 0. The minimum absolute atomic E-state index is 0.166. The van der Waals surface area contributed by atoms with Crippen molar-refractivity contribution >= 4 is 24.3 Å². The van der Waals surface area contributed by atoms with Crippen LogP contribution in [0.5, 0.6) is 0 Å². The summed E-state index contributed by atoms with van der Waals surface area (Å²) in [6, 6.07) is 47.2. The van der Waals surface area contributed by atoms with Crippen molar-refractivity contribution in [2.45, 2.75) is 32.9 Å². The fourth-order valence-corrected chi connectivity index (χ4v) is 5.79. The summed E-state index contributed by atoms with van der Waals surface area (Å²) in [6.45, 7) is 11.1. The van der Waals surface area contributed by atoms with Crippen molar-refractivity contribution in [3.63, 3.8) is 0 Å². The Morgan fingerprint density at radius 1 is 0.468 bits per heavy atom. The van der Waals surface area contributed by atoms with E-state index in [1.54, 1.807) is 6.08 Å². The quantitative estimate of drug-likeness (QED) is 0.146. The molecule has 2 aliphatic carbocycles. The predicted molar refractivity (Wildman–Crippen MR) is 206 cm³/mol. The predicted octanol–water partition coefficient (Wildman–Crippen LogP) is 11.2. The van der Waals surface area contributed by atoms with Gasteiger partial charge in [-0.05, 0) is 51.4 Å². The van der Waals surface area contributed by atoms with Crippen LogP contribution in [0.25, 0.3) is 24.3 Å². The lowest BCUT2D eigenvalue weighted by atomic mass is 9.93. The van der Waals surface area contributed by atoms with E-state index in [0.717, 1.165) is 13.1 Å². The highest BCUT2D eigenvalue weighted by Crippen LogP contribution is 2.34. The summed E-state index contributed by atoms with van der Waals surface area (Å²) >= 11 is 0. The second kappa shape index (κ2) is 19.5. The van der Waals surface area contributed by atoms with Crippen molar-refractivity contribution in [3.05, 3.63) is 203 Å².